The van der Waals surface area contributed by atoms with E-state index in [2.05, 4.69) is 5.32 Å². The molecule has 0 radical (unpaired) electrons. The predicted octanol–water partition coefficient (Wildman–Crippen LogP) is 2.21. The molecule has 1 heterocycles. The predicted molar refractivity (Wildman–Crippen MR) is 93.8 cm³/mol. The summed E-state index contributed by atoms with van der Waals surface area (Å²) in [5.74, 6) is 1.30. The maximum absolute atomic E-state index is 12.8. The van der Waals surface area contributed by atoms with Crippen LogP contribution >= 0.6 is 0 Å². The lowest BCUT2D eigenvalue weighted by molar-refractivity contribution is -0.137. The smallest absolute Gasteiger partial charge is 0.243 e. The van der Waals surface area contributed by atoms with Crippen molar-refractivity contribution in [3.8, 4) is 11.5 Å². The fourth-order valence-corrected chi connectivity index (χ4v) is 3.96. The topological polar surface area (TPSA) is 67.9 Å². The number of fused-ring (bicyclic) bond motifs is 1. The fourth-order valence-electron chi connectivity index (χ4n) is 3.96. The Kier molecular flexibility index (Phi) is 5.16. The second-order valence-electron chi connectivity index (χ2n) is 6.73. The Hall–Kier alpha value is -2.24. The molecule has 1 fully saturated rings. The van der Waals surface area contributed by atoms with Crippen molar-refractivity contribution in [2.75, 3.05) is 20.8 Å². The van der Waals surface area contributed by atoms with E-state index in [1.807, 2.05) is 12.1 Å². The molecule has 1 aromatic rings. The quantitative estimate of drug-likeness (QED) is 0.908. The Morgan fingerprint density at radius 2 is 1.84 bits per heavy atom. The molecule has 1 aliphatic carbocycles. The summed E-state index contributed by atoms with van der Waals surface area (Å²) in [6, 6.07) is 3.58. The number of methoxy groups -OCH3 is 2. The summed E-state index contributed by atoms with van der Waals surface area (Å²) in [5.41, 5.74) is 2.27. The van der Waals surface area contributed by atoms with E-state index in [9.17, 15) is 9.59 Å². The number of carbonyl (C=O) groups is 2. The lowest BCUT2D eigenvalue weighted by atomic mass is 9.87. The molecule has 1 N–H and O–H groups in total. The number of amides is 2. The summed E-state index contributed by atoms with van der Waals surface area (Å²) in [6.07, 6.45) is 4.47. The molecule has 1 unspecified atom stereocenters. The van der Waals surface area contributed by atoms with Crippen molar-refractivity contribution in [1.82, 2.24) is 10.2 Å². The minimum absolute atomic E-state index is 0.0342. The first-order chi connectivity index (χ1) is 12.0. The zero-order chi connectivity index (χ0) is 18.0. The Morgan fingerprint density at radius 1 is 1.12 bits per heavy atom. The van der Waals surface area contributed by atoms with E-state index >= 15 is 0 Å². The van der Waals surface area contributed by atoms with Crippen molar-refractivity contribution in [1.29, 1.82) is 0 Å². The van der Waals surface area contributed by atoms with E-state index in [-0.39, 0.29) is 23.9 Å². The number of carbonyl (C=O) groups excluding carboxylic acids is 2. The molecule has 1 aromatic carbocycles. The minimum Gasteiger partial charge on any atom is -0.493 e. The Bertz CT molecular complexity index is 674. The van der Waals surface area contributed by atoms with Crippen LogP contribution in [0.15, 0.2) is 12.1 Å². The van der Waals surface area contributed by atoms with Gasteiger partial charge in [-0.25, -0.2) is 0 Å². The first-order valence-electron chi connectivity index (χ1n) is 8.87. The van der Waals surface area contributed by atoms with Gasteiger partial charge in [-0.1, -0.05) is 0 Å². The third kappa shape index (κ3) is 3.43. The summed E-state index contributed by atoms with van der Waals surface area (Å²) in [6.45, 7) is 2.19. The molecule has 25 heavy (non-hydrogen) atoms. The highest BCUT2D eigenvalue weighted by Gasteiger charge is 2.34. The number of nitrogens with one attached hydrogen (secondary N) is 1. The summed E-state index contributed by atoms with van der Waals surface area (Å²) in [7, 11) is 3.24. The third-order valence-electron chi connectivity index (χ3n) is 5.24. The molecule has 0 saturated carbocycles. The highest BCUT2D eigenvalue weighted by atomic mass is 16.5. The number of rotatable bonds is 4. The van der Waals surface area contributed by atoms with Gasteiger partial charge in [0.05, 0.1) is 20.3 Å². The number of likely N-dealkylation sites (tertiary alicyclic amines) is 1. The van der Waals surface area contributed by atoms with Crippen molar-refractivity contribution in [3.05, 3.63) is 23.3 Å². The lowest BCUT2D eigenvalue weighted by Gasteiger charge is -2.30. The highest BCUT2D eigenvalue weighted by Crippen LogP contribution is 2.38. The van der Waals surface area contributed by atoms with Crippen molar-refractivity contribution in [2.45, 2.75) is 51.1 Å². The van der Waals surface area contributed by atoms with Crippen molar-refractivity contribution in [3.63, 3.8) is 0 Å². The van der Waals surface area contributed by atoms with Gasteiger partial charge in [0.15, 0.2) is 11.5 Å². The molecule has 0 spiro atoms. The molecule has 0 bridgehead atoms. The van der Waals surface area contributed by atoms with Crippen LogP contribution < -0.4 is 14.8 Å². The monoisotopic (exact) mass is 346 g/mol. The highest BCUT2D eigenvalue weighted by molar-refractivity contribution is 5.87. The van der Waals surface area contributed by atoms with E-state index in [1.165, 1.54) is 12.5 Å². The van der Waals surface area contributed by atoms with Gasteiger partial charge in [0.2, 0.25) is 11.8 Å². The van der Waals surface area contributed by atoms with Gasteiger partial charge in [-0.3, -0.25) is 9.59 Å². The molecule has 3 rings (SSSR count). The molecule has 1 saturated heterocycles. The number of ether oxygens (including phenoxy) is 2. The Balaban J connectivity index is 1.81. The van der Waals surface area contributed by atoms with Crippen LogP contribution in [0.1, 0.15) is 49.8 Å². The van der Waals surface area contributed by atoms with Gasteiger partial charge < -0.3 is 19.7 Å². The summed E-state index contributed by atoms with van der Waals surface area (Å²) >= 11 is 0. The van der Waals surface area contributed by atoms with Crippen LogP contribution in [0.25, 0.3) is 0 Å². The van der Waals surface area contributed by atoms with Crippen molar-refractivity contribution in [2.24, 2.45) is 0 Å². The van der Waals surface area contributed by atoms with Gasteiger partial charge in [0, 0.05) is 13.5 Å². The van der Waals surface area contributed by atoms with Gasteiger partial charge >= 0.3 is 0 Å². The maximum Gasteiger partial charge on any atom is 0.243 e. The SMILES string of the molecule is COc1cc2c(cc1OC)C(NC(=O)[C@H]1CCCN1C(C)=O)CCC2. The zero-order valence-corrected chi connectivity index (χ0v) is 15.1. The maximum atomic E-state index is 12.8. The summed E-state index contributed by atoms with van der Waals surface area (Å²) < 4.78 is 10.8. The molecule has 0 aromatic heterocycles. The van der Waals surface area contributed by atoms with E-state index in [1.54, 1.807) is 19.1 Å². The first-order valence-corrected chi connectivity index (χ1v) is 8.87. The van der Waals surface area contributed by atoms with E-state index in [0.717, 1.165) is 37.7 Å². The zero-order valence-electron chi connectivity index (χ0n) is 15.1. The van der Waals surface area contributed by atoms with Crippen LogP contribution in [0, 0.1) is 0 Å². The van der Waals surface area contributed by atoms with Crippen molar-refractivity contribution >= 4 is 11.8 Å². The molecule has 1 aliphatic heterocycles. The molecule has 2 amide bonds. The largest absolute Gasteiger partial charge is 0.493 e. The van der Waals surface area contributed by atoms with Crippen LogP contribution in [0.4, 0.5) is 0 Å². The van der Waals surface area contributed by atoms with Gasteiger partial charge in [-0.2, -0.15) is 0 Å². The molecular formula is C19H26N2O4. The summed E-state index contributed by atoms with van der Waals surface area (Å²) in [4.78, 5) is 26.2. The Labute approximate surface area is 148 Å². The van der Waals surface area contributed by atoms with Crippen LogP contribution in [0.5, 0.6) is 11.5 Å². The van der Waals surface area contributed by atoms with Crippen LogP contribution in [-0.4, -0.2) is 43.5 Å². The number of hydrogen-bond acceptors (Lipinski definition) is 4. The van der Waals surface area contributed by atoms with Crippen LogP contribution in [0.3, 0.4) is 0 Å². The lowest BCUT2D eigenvalue weighted by Crippen LogP contribution is -2.46. The number of benzene rings is 1. The average molecular weight is 346 g/mol. The van der Waals surface area contributed by atoms with Gasteiger partial charge in [-0.15, -0.1) is 0 Å². The van der Waals surface area contributed by atoms with Crippen molar-refractivity contribution < 1.29 is 19.1 Å². The normalized spacial score (nSPS) is 22.3. The number of aryl methyl sites for hydroxylation is 1. The minimum atomic E-state index is -0.344. The second-order valence-corrected chi connectivity index (χ2v) is 6.73. The fraction of sp³-hybridized carbons (Fsp3) is 0.579. The average Bonchev–Trinajstić information content (AvgIpc) is 3.11. The molecule has 136 valence electrons. The molecule has 2 atom stereocenters. The molecule has 6 heteroatoms. The van der Waals surface area contributed by atoms with Crippen LogP contribution in [0.2, 0.25) is 0 Å². The van der Waals surface area contributed by atoms with E-state index < -0.39 is 0 Å². The second kappa shape index (κ2) is 7.33. The van der Waals surface area contributed by atoms with Crippen LogP contribution in [-0.2, 0) is 16.0 Å². The summed E-state index contributed by atoms with van der Waals surface area (Å²) in [5, 5.41) is 3.16. The number of nitrogens with zero attached hydrogens (tertiary/aromatic N) is 1. The van der Waals surface area contributed by atoms with Gasteiger partial charge in [-0.05, 0) is 55.4 Å². The first kappa shape index (κ1) is 17.6. The standard InChI is InChI=1S/C19H26N2O4/c1-12(22)21-9-5-8-16(21)19(23)20-15-7-4-6-13-10-17(24-2)18(25-3)11-14(13)15/h10-11,15-16H,4-9H2,1-3H3,(H,20,23)/t15?,16-/m1/s1. The Morgan fingerprint density at radius 3 is 2.52 bits per heavy atom. The van der Waals surface area contributed by atoms with Gasteiger partial charge in [0.1, 0.15) is 6.04 Å². The molecule has 6 nitrogen and oxygen atoms in total. The van der Waals surface area contributed by atoms with E-state index in [0.29, 0.717) is 18.0 Å². The van der Waals surface area contributed by atoms with E-state index in [4.69, 9.17) is 9.47 Å². The molecule has 2 aliphatic rings. The third-order valence-corrected chi connectivity index (χ3v) is 5.24. The molecular weight excluding hydrogens is 320 g/mol. The number of hydrogen-bond donors (Lipinski definition) is 1. The van der Waals surface area contributed by atoms with Gasteiger partial charge in [0.25, 0.3) is 0 Å².